The molecule has 0 aliphatic heterocycles. The molecule has 0 spiro atoms. The van der Waals surface area contributed by atoms with Crippen molar-refractivity contribution in [3.63, 3.8) is 0 Å². The summed E-state index contributed by atoms with van der Waals surface area (Å²) in [5.41, 5.74) is 0.0299. The zero-order chi connectivity index (χ0) is 10.9. The van der Waals surface area contributed by atoms with E-state index in [-0.39, 0.29) is 0 Å². The van der Waals surface area contributed by atoms with Gasteiger partial charge in [0.15, 0.2) is 0 Å². The molecule has 1 aliphatic carbocycles. The number of aliphatic carboxylic acids is 1. The standard InChI is InChI=1S/C11H13NO3/c1-15-9-5-8(6-12-7-9)11(10(13)14)3-2-4-11/h5-7H,2-4H2,1H3,(H,13,14). The van der Waals surface area contributed by atoms with E-state index in [0.717, 1.165) is 12.0 Å². The molecule has 1 aliphatic rings. The molecule has 1 aromatic heterocycles. The summed E-state index contributed by atoms with van der Waals surface area (Å²) in [6.45, 7) is 0. The molecule has 0 unspecified atom stereocenters. The number of carboxylic acid groups (broad SMARTS) is 1. The van der Waals surface area contributed by atoms with Crippen LogP contribution in [0.15, 0.2) is 18.5 Å². The Morgan fingerprint density at radius 3 is 2.73 bits per heavy atom. The molecule has 4 heteroatoms. The average Bonchev–Trinajstić information content (AvgIpc) is 2.16. The molecule has 1 N–H and O–H groups in total. The highest BCUT2D eigenvalue weighted by atomic mass is 16.5. The molecule has 1 fully saturated rings. The highest BCUT2D eigenvalue weighted by Gasteiger charge is 2.46. The van der Waals surface area contributed by atoms with Crippen molar-refractivity contribution in [2.75, 3.05) is 7.11 Å². The van der Waals surface area contributed by atoms with Crippen LogP contribution in [0.25, 0.3) is 0 Å². The van der Waals surface area contributed by atoms with E-state index in [0.29, 0.717) is 18.6 Å². The average molecular weight is 207 g/mol. The molecule has 0 saturated heterocycles. The van der Waals surface area contributed by atoms with E-state index in [1.807, 2.05) is 0 Å². The predicted octanol–water partition coefficient (Wildman–Crippen LogP) is 1.60. The number of nitrogens with zero attached hydrogens (tertiary/aromatic N) is 1. The first kappa shape index (κ1) is 9.96. The van der Waals surface area contributed by atoms with Crippen LogP contribution in [0.5, 0.6) is 5.75 Å². The third-order valence-corrected chi connectivity index (χ3v) is 3.12. The van der Waals surface area contributed by atoms with Crippen molar-refractivity contribution in [2.24, 2.45) is 0 Å². The molecule has 1 saturated carbocycles. The summed E-state index contributed by atoms with van der Waals surface area (Å²) in [7, 11) is 1.55. The SMILES string of the molecule is COc1cncc(C2(C(=O)O)CCC2)c1. The first-order chi connectivity index (χ1) is 7.19. The van der Waals surface area contributed by atoms with Gasteiger partial charge in [0.25, 0.3) is 0 Å². The monoisotopic (exact) mass is 207 g/mol. The molecule has 0 aromatic carbocycles. The first-order valence-electron chi connectivity index (χ1n) is 4.92. The minimum atomic E-state index is -0.760. The number of methoxy groups -OCH3 is 1. The molecule has 1 aromatic rings. The fourth-order valence-corrected chi connectivity index (χ4v) is 1.95. The van der Waals surface area contributed by atoms with Crippen LogP contribution in [-0.4, -0.2) is 23.2 Å². The van der Waals surface area contributed by atoms with Gasteiger partial charge in [-0.3, -0.25) is 9.78 Å². The highest BCUT2D eigenvalue weighted by molar-refractivity contribution is 5.82. The van der Waals surface area contributed by atoms with Crippen molar-refractivity contribution < 1.29 is 14.6 Å². The van der Waals surface area contributed by atoms with E-state index in [1.54, 1.807) is 25.6 Å². The molecular weight excluding hydrogens is 194 g/mol. The van der Waals surface area contributed by atoms with Crippen molar-refractivity contribution in [1.82, 2.24) is 4.98 Å². The van der Waals surface area contributed by atoms with Gasteiger partial charge in [0.05, 0.1) is 18.7 Å². The molecule has 80 valence electrons. The van der Waals surface area contributed by atoms with E-state index >= 15 is 0 Å². The molecular formula is C11H13NO3. The number of pyridine rings is 1. The summed E-state index contributed by atoms with van der Waals surface area (Å²) in [5.74, 6) is -0.149. The van der Waals surface area contributed by atoms with Crippen molar-refractivity contribution in [1.29, 1.82) is 0 Å². The maximum atomic E-state index is 11.2. The summed E-state index contributed by atoms with van der Waals surface area (Å²) in [5, 5.41) is 9.23. The van der Waals surface area contributed by atoms with Crippen LogP contribution >= 0.6 is 0 Å². The minimum Gasteiger partial charge on any atom is -0.495 e. The van der Waals surface area contributed by atoms with E-state index in [9.17, 15) is 9.90 Å². The summed E-state index contributed by atoms with van der Waals surface area (Å²) in [4.78, 5) is 15.2. The normalized spacial score (nSPS) is 17.9. The number of hydrogen-bond acceptors (Lipinski definition) is 3. The van der Waals surface area contributed by atoms with Gasteiger partial charge in [-0.05, 0) is 24.5 Å². The van der Waals surface area contributed by atoms with Crippen molar-refractivity contribution in [3.8, 4) is 5.75 Å². The smallest absolute Gasteiger partial charge is 0.314 e. The van der Waals surface area contributed by atoms with Gasteiger partial charge in [0.1, 0.15) is 5.75 Å². The topological polar surface area (TPSA) is 59.4 Å². The number of aromatic nitrogens is 1. The molecule has 0 atom stereocenters. The second-order valence-electron chi connectivity index (χ2n) is 3.85. The Kier molecular flexibility index (Phi) is 2.34. The van der Waals surface area contributed by atoms with Crippen LogP contribution in [0.4, 0.5) is 0 Å². The van der Waals surface area contributed by atoms with Gasteiger partial charge >= 0.3 is 5.97 Å². The van der Waals surface area contributed by atoms with Crippen molar-refractivity contribution >= 4 is 5.97 Å². The fraction of sp³-hybridized carbons (Fsp3) is 0.455. The second-order valence-corrected chi connectivity index (χ2v) is 3.85. The Hall–Kier alpha value is -1.58. The van der Waals surface area contributed by atoms with Gasteiger partial charge in [-0.1, -0.05) is 6.42 Å². The fourth-order valence-electron chi connectivity index (χ4n) is 1.95. The van der Waals surface area contributed by atoms with Gasteiger partial charge in [0, 0.05) is 6.20 Å². The second kappa shape index (κ2) is 3.53. The zero-order valence-corrected chi connectivity index (χ0v) is 8.56. The minimum absolute atomic E-state index is 0.611. The largest absolute Gasteiger partial charge is 0.495 e. The Morgan fingerprint density at radius 2 is 2.27 bits per heavy atom. The number of rotatable bonds is 3. The van der Waals surface area contributed by atoms with E-state index < -0.39 is 11.4 Å². The Bertz CT molecular complexity index is 385. The van der Waals surface area contributed by atoms with Gasteiger partial charge < -0.3 is 9.84 Å². The molecule has 4 nitrogen and oxygen atoms in total. The third kappa shape index (κ3) is 1.46. The molecule has 0 radical (unpaired) electrons. The van der Waals surface area contributed by atoms with Crippen LogP contribution in [0.1, 0.15) is 24.8 Å². The molecule has 1 heterocycles. The lowest BCUT2D eigenvalue weighted by molar-refractivity contribution is -0.147. The van der Waals surface area contributed by atoms with Crippen LogP contribution in [0.2, 0.25) is 0 Å². The first-order valence-corrected chi connectivity index (χ1v) is 4.92. The van der Waals surface area contributed by atoms with Crippen LogP contribution in [-0.2, 0) is 10.2 Å². The number of hydrogen-bond donors (Lipinski definition) is 1. The maximum Gasteiger partial charge on any atom is 0.314 e. The van der Waals surface area contributed by atoms with E-state index in [1.165, 1.54) is 0 Å². The summed E-state index contributed by atoms with van der Waals surface area (Å²) in [6.07, 6.45) is 5.55. The van der Waals surface area contributed by atoms with Crippen LogP contribution in [0.3, 0.4) is 0 Å². The summed E-state index contributed by atoms with van der Waals surface area (Å²) in [6, 6.07) is 1.76. The summed E-state index contributed by atoms with van der Waals surface area (Å²) < 4.78 is 5.04. The maximum absolute atomic E-state index is 11.2. The zero-order valence-electron chi connectivity index (χ0n) is 8.56. The van der Waals surface area contributed by atoms with Gasteiger partial charge in [-0.2, -0.15) is 0 Å². The van der Waals surface area contributed by atoms with Crippen LogP contribution < -0.4 is 4.74 Å². The van der Waals surface area contributed by atoms with Crippen molar-refractivity contribution in [3.05, 3.63) is 24.0 Å². The highest BCUT2D eigenvalue weighted by Crippen LogP contribution is 2.44. The molecule has 2 rings (SSSR count). The quantitative estimate of drug-likeness (QED) is 0.817. The summed E-state index contributed by atoms with van der Waals surface area (Å²) >= 11 is 0. The number of ether oxygens (including phenoxy) is 1. The van der Waals surface area contributed by atoms with Crippen LogP contribution in [0, 0.1) is 0 Å². The molecule has 0 amide bonds. The Labute approximate surface area is 87.9 Å². The van der Waals surface area contributed by atoms with Gasteiger partial charge in [0.2, 0.25) is 0 Å². The number of carboxylic acids is 1. The number of carbonyl (C=O) groups is 1. The lowest BCUT2D eigenvalue weighted by Gasteiger charge is -2.37. The lowest BCUT2D eigenvalue weighted by atomic mass is 9.65. The van der Waals surface area contributed by atoms with Crippen molar-refractivity contribution in [2.45, 2.75) is 24.7 Å². The third-order valence-electron chi connectivity index (χ3n) is 3.12. The van der Waals surface area contributed by atoms with Gasteiger partial charge in [-0.15, -0.1) is 0 Å². The lowest BCUT2D eigenvalue weighted by Crippen LogP contribution is -2.42. The molecule has 15 heavy (non-hydrogen) atoms. The Balaban J connectivity index is 2.38. The van der Waals surface area contributed by atoms with E-state index in [2.05, 4.69) is 4.98 Å². The Morgan fingerprint density at radius 1 is 1.53 bits per heavy atom. The predicted molar refractivity (Wildman–Crippen MR) is 54.0 cm³/mol. The van der Waals surface area contributed by atoms with E-state index in [4.69, 9.17) is 4.74 Å². The van der Waals surface area contributed by atoms with Gasteiger partial charge in [-0.25, -0.2) is 0 Å². The molecule has 0 bridgehead atoms.